The van der Waals surface area contributed by atoms with Crippen LogP contribution in [-0.4, -0.2) is 29.6 Å². The topological polar surface area (TPSA) is 105 Å². The number of nitro groups is 1. The molecule has 0 aromatic heterocycles. The van der Waals surface area contributed by atoms with Gasteiger partial charge in [0, 0.05) is 12.1 Å². The Bertz CT molecular complexity index is 519. The molecule has 7 nitrogen and oxygen atoms in total. The van der Waals surface area contributed by atoms with Gasteiger partial charge >= 0.3 is 5.97 Å². The van der Waals surface area contributed by atoms with Gasteiger partial charge in [0.25, 0.3) is 5.69 Å². The SMILES string of the molecule is CCOC(=O)C(C)(N)COc1ccc([N+](=O)[O-])c(Cl)c1. The molecule has 1 atom stereocenters. The van der Waals surface area contributed by atoms with Gasteiger partial charge in [-0.3, -0.25) is 10.1 Å². The first kappa shape index (κ1) is 16.2. The lowest BCUT2D eigenvalue weighted by Gasteiger charge is -2.22. The van der Waals surface area contributed by atoms with Crippen molar-refractivity contribution >= 4 is 23.3 Å². The van der Waals surface area contributed by atoms with Crippen molar-refractivity contribution in [2.45, 2.75) is 19.4 Å². The molecule has 0 amide bonds. The molecule has 1 aromatic rings. The van der Waals surface area contributed by atoms with Crippen molar-refractivity contribution in [1.29, 1.82) is 0 Å². The molecule has 0 saturated carbocycles. The number of ether oxygens (including phenoxy) is 2. The van der Waals surface area contributed by atoms with Crippen LogP contribution >= 0.6 is 11.6 Å². The smallest absolute Gasteiger partial charge is 0.329 e. The van der Waals surface area contributed by atoms with Crippen LogP contribution < -0.4 is 10.5 Å². The number of hydrogen-bond donors (Lipinski definition) is 1. The molecule has 8 heteroatoms. The van der Waals surface area contributed by atoms with E-state index < -0.39 is 16.4 Å². The Morgan fingerprint density at radius 2 is 2.20 bits per heavy atom. The zero-order valence-electron chi connectivity index (χ0n) is 11.1. The number of benzene rings is 1. The Hall–Kier alpha value is -1.86. The highest BCUT2D eigenvalue weighted by Crippen LogP contribution is 2.28. The van der Waals surface area contributed by atoms with Gasteiger partial charge in [0.05, 0.1) is 11.5 Å². The molecule has 1 aromatic carbocycles. The average molecular weight is 303 g/mol. The first-order valence-electron chi connectivity index (χ1n) is 5.80. The molecule has 1 unspecified atom stereocenters. The number of carbonyl (C=O) groups is 1. The summed E-state index contributed by atoms with van der Waals surface area (Å²) in [5, 5.41) is 10.6. The van der Waals surface area contributed by atoms with E-state index in [9.17, 15) is 14.9 Å². The predicted octanol–water partition coefficient (Wildman–Crippen LogP) is 1.91. The molecular formula is C12H15ClN2O5. The molecule has 0 radical (unpaired) electrons. The quantitative estimate of drug-likeness (QED) is 0.489. The van der Waals surface area contributed by atoms with Gasteiger partial charge in [-0.25, -0.2) is 4.79 Å². The molecule has 0 bridgehead atoms. The third-order valence-corrected chi connectivity index (χ3v) is 2.70. The summed E-state index contributed by atoms with van der Waals surface area (Å²) < 4.78 is 10.1. The number of nitrogens with zero attached hydrogens (tertiary/aromatic N) is 1. The van der Waals surface area contributed by atoms with Crippen LogP contribution in [0.15, 0.2) is 18.2 Å². The molecule has 0 saturated heterocycles. The molecule has 110 valence electrons. The van der Waals surface area contributed by atoms with E-state index in [-0.39, 0.29) is 29.7 Å². The van der Waals surface area contributed by atoms with Crippen molar-refractivity contribution in [3.05, 3.63) is 33.3 Å². The average Bonchev–Trinajstić information content (AvgIpc) is 2.36. The second-order valence-electron chi connectivity index (χ2n) is 4.30. The maximum atomic E-state index is 11.6. The molecule has 0 aliphatic carbocycles. The van der Waals surface area contributed by atoms with Crippen molar-refractivity contribution in [3.63, 3.8) is 0 Å². The monoisotopic (exact) mass is 302 g/mol. The largest absolute Gasteiger partial charge is 0.491 e. The number of hydrogen-bond acceptors (Lipinski definition) is 6. The van der Waals surface area contributed by atoms with Gasteiger partial charge in [-0.05, 0) is 19.9 Å². The second kappa shape index (κ2) is 6.53. The number of esters is 1. The summed E-state index contributed by atoms with van der Waals surface area (Å²) in [4.78, 5) is 21.6. The van der Waals surface area contributed by atoms with Crippen LogP contribution in [0.1, 0.15) is 13.8 Å². The standard InChI is InChI=1S/C12H15ClN2O5/c1-3-19-11(16)12(2,14)7-20-8-4-5-10(15(17)18)9(13)6-8/h4-6H,3,7,14H2,1-2H3. The van der Waals surface area contributed by atoms with E-state index in [1.807, 2.05) is 0 Å². The Morgan fingerprint density at radius 3 is 2.70 bits per heavy atom. The van der Waals surface area contributed by atoms with Crippen LogP contribution in [0.3, 0.4) is 0 Å². The summed E-state index contributed by atoms with van der Waals surface area (Å²) in [6.07, 6.45) is 0. The van der Waals surface area contributed by atoms with Crippen molar-refractivity contribution in [1.82, 2.24) is 0 Å². The fraction of sp³-hybridized carbons (Fsp3) is 0.417. The van der Waals surface area contributed by atoms with Crippen molar-refractivity contribution in [3.8, 4) is 5.75 Å². The molecule has 20 heavy (non-hydrogen) atoms. The molecular weight excluding hydrogens is 288 g/mol. The van der Waals surface area contributed by atoms with Crippen LogP contribution in [0.2, 0.25) is 5.02 Å². The highest BCUT2D eigenvalue weighted by Gasteiger charge is 2.31. The van der Waals surface area contributed by atoms with E-state index >= 15 is 0 Å². The number of nitro benzene ring substituents is 1. The first-order valence-corrected chi connectivity index (χ1v) is 6.18. The van der Waals surface area contributed by atoms with Gasteiger partial charge in [0.2, 0.25) is 0 Å². The van der Waals surface area contributed by atoms with Gasteiger partial charge in [-0.15, -0.1) is 0 Å². The zero-order valence-corrected chi connectivity index (χ0v) is 11.8. The number of rotatable bonds is 6. The van der Waals surface area contributed by atoms with Crippen molar-refractivity contribution in [2.24, 2.45) is 5.73 Å². The lowest BCUT2D eigenvalue weighted by atomic mass is 10.1. The Balaban J connectivity index is 2.73. The number of nitrogens with two attached hydrogens (primary N) is 1. The normalized spacial score (nSPS) is 13.4. The van der Waals surface area contributed by atoms with Crippen LogP contribution in [0.25, 0.3) is 0 Å². The fourth-order valence-electron chi connectivity index (χ4n) is 1.31. The summed E-state index contributed by atoms with van der Waals surface area (Å²) in [6, 6.07) is 3.89. The molecule has 0 aliphatic rings. The summed E-state index contributed by atoms with van der Waals surface area (Å²) in [7, 11) is 0. The van der Waals surface area contributed by atoms with Gasteiger partial charge in [0.1, 0.15) is 22.9 Å². The van der Waals surface area contributed by atoms with Crippen molar-refractivity contribution < 1.29 is 19.2 Å². The third-order valence-electron chi connectivity index (χ3n) is 2.40. The molecule has 0 spiro atoms. The Morgan fingerprint density at radius 1 is 1.55 bits per heavy atom. The van der Waals surface area contributed by atoms with E-state index in [1.54, 1.807) is 6.92 Å². The lowest BCUT2D eigenvalue weighted by Crippen LogP contribution is -2.51. The summed E-state index contributed by atoms with van der Waals surface area (Å²) in [6.45, 7) is 3.22. The summed E-state index contributed by atoms with van der Waals surface area (Å²) >= 11 is 5.74. The highest BCUT2D eigenvalue weighted by molar-refractivity contribution is 6.32. The maximum absolute atomic E-state index is 11.6. The first-order chi connectivity index (χ1) is 9.27. The van der Waals surface area contributed by atoms with Gasteiger partial charge < -0.3 is 15.2 Å². The van der Waals surface area contributed by atoms with Crippen LogP contribution in [-0.2, 0) is 9.53 Å². The fourth-order valence-corrected chi connectivity index (χ4v) is 1.55. The maximum Gasteiger partial charge on any atom is 0.329 e. The Labute approximate surface area is 120 Å². The van der Waals surface area contributed by atoms with E-state index in [2.05, 4.69) is 0 Å². The summed E-state index contributed by atoms with van der Waals surface area (Å²) in [5.74, 6) is -0.311. The molecule has 0 fully saturated rings. The second-order valence-corrected chi connectivity index (χ2v) is 4.70. The lowest BCUT2D eigenvalue weighted by molar-refractivity contribution is -0.384. The minimum atomic E-state index is -1.32. The minimum absolute atomic E-state index is 0.0534. The molecule has 1 rings (SSSR count). The van der Waals surface area contributed by atoms with Crippen LogP contribution in [0.4, 0.5) is 5.69 Å². The molecule has 2 N–H and O–H groups in total. The van der Waals surface area contributed by atoms with Crippen molar-refractivity contribution in [2.75, 3.05) is 13.2 Å². The Kier molecular flexibility index (Phi) is 5.29. The molecule has 0 aliphatic heterocycles. The van der Waals surface area contributed by atoms with Crippen LogP contribution in [0.5, 0.6) is 5.75 Å². The van der Waals surface area contributed by atoms with E-state index in [4.69, 9.17) is 26.8 Å². The van der Waals surface area contributed by atoms with E-state index in [0.717, 1.165) is 0 Å². The number of halogens is 1. The molecule has 0 heterocycles. The van der Waals surface area contributed by atoms with Crippen LogP contribution in [0, 0.1) is 10.1 Å². The highest BCUT2D eigenvalue weighted by atomic mass is 35.5. The zero-order chi connectivity index (χ0) is 15.3. The minimum Gasteiger partial charge on any atom is -0.491 e. The third kappa shape index (κ3) is 4.07. The summed E-state index contributed by atoms with van der Waals surface area (Å²) in [5.41, 5.74) is 4.23. The van der Waals surface area contributed by atoms with E-state index in [0.29, 0.717) is 0 Å². The van der Waals surface area contributed by atoms with Gasteiger partial charge in [-0.1, -0.05) is 11.6 Å². The predicted molar refractivity (Wildman–Crippen MR) is 72.8 cm³/mol. The number of carbonyl (C=O) groups excluding carboxylic acids is 1. The van der Waals surface area contributed by atoms with Gasteiger partial charge in [-0.2, -0.15) is 0 Å². The van der Waals surface area contributed by atoms with Gasteiger partial charge in [0.15, 0.2) is 0 Å². The van der Waals surface area contributed by atoms with E-state index in [1.165, 1.54) is 25.1 Å².